The molecule has 3 aromatic rings. The molecule has 1 N–H and O–H groups in total. The number of hydrogen-bond donors (Lipinski definition) is 1. The third kappa shape index (κ3) is 4.18. The summed E-state index contributed by atoms with van der Waals surface area (Å²) >= 11 is 12.1. The average molecular weight is 451 g/mol. The number of benzene rings is 1. The number of hydrogen-bond acceptors (Lipinski definition) is 6. The van der Waals surface area contributed by atoms with E-state index in [1.807, 2.05) is 17.8 Å². The molecule has 0 spiro atoms. The molecule has 0 saturated carbocycles. The van der Waals surface area contributed by atoms with Gasteiger partial charge in [-0.05, 0) is 31.0 Å². The van der Waals surface area contributed by atoms with Crippen LogP contribution in [-0.2, 0) is 4.74 Å². The third-order valence-corrected chi connectivity index (χ3v) is 6.30. The summed E-state index contributed by atoms with van der Waals surface area (Å²) in [6.45, 7) is 3.57. The van der Waals surface area contributed by atoms with E-state index in [1.54, 1.807) is 30.3 Å². The van der Waals surface area contributed by atoms with Gasteiger partial charge in [0.2, 0.25) is 5.95 Å². The van der Waals surface area contributed by atoms with Crippen LogP contribution in [0.1, 0.15) is 18.9 Å². The predicted octanol–water partition coefficient (Wildman–Crippen LogP) is 3.48. The Morgan fingerprint density at radius 2 is 2.03 bits per heavy atom. The zero-order valence-electron chi connectivity index (χ0n) is 16.9. The molecule has 3 heterocycles. The first kappa shape index (κ1) is 21.1. The standard InChI is InChI=1S/C20H24Cl2N6O2/c1-26(14-3-4-15(21)16(22)11-14)20-24-17-12-23-28(18(17)19(29)25-20)13-5-7-27(8-6-13)9-10-30-2/h3-4,11-13H,5-10H2,1-2H3,(H,24,25,29). The normalized spacial score (nSPS) is 15.7. The number of anilines is 2. The van der Waals surface area contributed by atoms with Crippen LogP contribution in [0.15, 0.2) is 29.2 Å². The molecule has 10 heteroatoms. The number of nitrogens with zero attached hydrogens (tertiary/aromatic N) is 5. The van der Waals surface area contributed by atoms with Gasteiger partial charge in [-0.25, -0.2) is 4.98 Å². The number of ether oxygens (including phenoxy) is 1. The van der Waals surface area contributed by atoms with Crippen molar-refractivity contribution >= 4 is 45.9 Å². The molecule has 0 bridgehead atoms. The zero-order chi connectivity index (χ0) is 21.3. The summed E-state index contributed by atoms with van der Waals surface area (Å²) in [7, 11) is 3.53. The van der Waals surface area contributed by atoms with Crippen molar-refractivity contribution in [2.45, 2.75) is 18.9 Å². The molecule has 1 aliphatic heterocycles. The van der Waals surface area contributed by atoms with Crippen molar-refractivity contribution < 1.29 is 4.74 Å². The summed E-state index contributed by atoms with van der Waals surface area (Å²) in [5.74, 6) is 0.417. The Bertz CT molecular complexity index is 1090. The van der Waals surface area contributed by atoms with Crippen LogP contribution < -0.4 is 10.5 Å². The number of rotatable bonds is 6. The number of aromatic amines is 1. The highest BCUT2D eigenvalue weighted by Crippen LogP contribution is 2.30. The number of fused-ring (bicyclic) bond motifs is 1. The lowest BCUT2D eigenvalue weighted by Crippen LogP contribution is -2.37. The predicted molar refractivity (Wildman–Crippen MR) is 119 cm³/mol. The van der Waals surface area contributed by atoms with E-state index in [0.717, 1.165) is 44.8 Å². The van der Waals surface area contributed by atoms with Crippen molar-refractivity contribution in [3.63, 3.8) is 0 Å². The van der Waals surface area contributed by atoms with Gasteiger partial charge in [-0.15, -0.1) is 0 Å². The first-order valence-corrected chi connectivity index (χ1v) is 10.6. The van der Waals surface area contributed by atoms with Crippen molar-refractivity contribution in [1.29, 1.82) is 0 Å². The average Bonchev–Trinajstić information content (AvgIpc) is 3.18. The van der Waals surface area contributed by atoms with Crippen LogP contribution in [0.2, 0.25) is 10.0 Å². The van der Waals surface area contributed by atoms with Gasteiger partial charge < -0.3 is 14.5 Å². The molecule has 160 valence electrons. The Morgan fingerprint density at radius 1 is 1.27 bits per heavy atom. The van der Waals surface area contributed by atoms with Crippen molar-refractivity contribution in [3.05, 3.63) is 44.8 Å². The van der Waals surface area contributed by atoms with E-state index in [9.17, 15) is 4.79 Å². The Hall–Kier alpha value is -2.13. The topological polar surface area (TPSA) is 79.3 Å². The smallest absolute Gasteiger partial charge is 0.278 e. The van der Waals surface area contributed by atoms with Gasteiger partial charge in [0.05, 0.1) is 28.9 Å². The monoisotopic (exact) mass is 450 g/mol. The SMILES string of the molecule is COCCN1CCC(n2ncc3nc(N(C)c4ccc(Cl)c(Cl)c4)[nH]c(=O)c32)CC1. The van der Waals surface area contributed by atoms with E-state index in [4.69, 9.17) is 27.9 Å². The van der Waals surface area contributed by atoms with Crippen molar-refractivity contribution in [1.82, 2.24) is 24.6 Å². The van der Waals surface area contributed by atoms with E-state index < -0.39 is 0 Å². The second kappa shape index (κ2) is 8.93. The largest absolute Gasteiger partial charge is 0.383 e. The van der Waals surface area contributed by atoms with E-state index in [2.05, 4.69) is 20.0 Å². The lowest BCUT2D eigenvalue weighted by molar-refractivity contribution is 0.120. The maximum absolute atomic E-state index is 12.9. The minimum absolute atomic E-state index is 0.183. The summed E-state index contributed by atoms with van der Waals surface area (Å²) in [4.78, 5) is 24.6. The van der Waals surface area contributed by atoms with Gasteiger partial charge in [0.25, 0.3) is 5.56 Å². The number of methoxy groups -OCH3 is 1. The van der Waals surface area contributed by atoms with Crippen LogP contribution in [0.5, 0.6) is 0 Å². The maximum Gasteiger partial charge on any atom is 0.278 e. The summed E-state index contributed by atoms with van der Waals surface area (Å²) in [6, 6.07) is 5.44. The molecule has 30 heavy (non-hydrogen) atoms. The first-order valence-electron chi connectivity index (χ1n) is 9.85. The Kier molecular flexibility index (Phi) is 6.29. The maximum atomic E-state index is 12.9. The third-order valence-electron chi connectivity index (χ3n) is 5.57. The number of H-pyrrole nitrogens is 1. The molecule has 0 radical (unpaired) electrons. The molecular formula is C20H24Cl2N6O2. The molecule has 0 atom stereocenters. The Morgan fingerprint density at radius 3 is 2.73 bits per heavy atom. The second-order valence-corrected chi connectivity index (χ2v) is 8.25. The quantitative estimate of drug-likeness (QED) is 0.619. The second-order valence-electron chi connectivity index (χ2n) is 7.44. The van der Waals surface area contributed by atoms with Crippen molar-refractivity contribution in [2.75, 3.05) is 45.3 Å². The highest BCUT2D eigenvalue weighted by atomic mass is 35.5. The molecule has 0 unspecified atom stereocenters. The first-order chi connectivity index (χ1) is 14.5. The number of nitrogens with one attached hydrogen (secondary N) is 1. The number of halogens is 2. The number of piperidine rings is 1. The van der Waals surface area contributed by atoms with Crippen LogP contribution in [0, 0.1) is 0 Å². The highest BCUT2D eigenvalue weighted by molar-refractivity contribution is 6.42. The van der Waals surface area contributed by atoms with Crippen LogP contribution in [-0.4, -0.2) is 65.0 Å². The summed E-state index contributed by atoms with van der Waals surface area (Å²) < 4.78 is 6.99. The van der Waals surface area contributed by atoms with Gasteiger partial charge in [0.15, 0.2) is 5.52 Å². The van der Waals surface area contributed by atoms with Gasteiger partial charge in [-0.1, -0.05) is 23.2 Å². The van der Waals surface area contributed by atoms with Crippen LogP contribution in [0.4, 0.5) is 11.6 Å². The van der Waals surface area contributed by atoms with Crippen molar-refractivity contribution in [2.24, 2.45) is 0 Å². The van der Waals surface area contributed by atoms with Gasteiger partial charge in [-0.3, -0.25) is 14.5 Å². The summed E-state index contributed by atoms with van der Waals surface area (Å²) in [5.41, 5.74) is 1.64. The molecule has 1 aromatic carbocycles. The lowest BCUT2D eigenvalue weighted by atomic mass is 10.1. The summed E-state index contributed by atoms with van der Waals surface area (Å²) in [6.07, 6.45) is 3.53. The van der Waals surface area contributed by atoms with Gasteiger partial charge >= 0.3 is 0 Å². The lowest BCUT2D eigenvalue weighted by Gasteiger charge is -2.31. The molecule has 1 aliphatic rings. The van der Waals surface area contributed by atoms with Crippen molar-refractivity contribution in [3.8, 4) is 0 Å². The number of likely N-dealkylation sites (tertiary alicyclic amines) is 1. The van der Waals surface area contributed by atoms with E-state index in [1.165, 1.54) is 0 Å². The Labute approximate surface area is 184 Å². The Balaban J connectivity index is 1.58. The van der Waals surface area contributed by atoms with Crippen LogP contribution >= 0.6 is 23.2 Å². The zero-order valence-corrected chi connectivity index (χ0v) is 18.4. The molecule has 1 fully saturated rings. The molecule has 2 aromatic heterocycles. The fraction of sp³-hybridized carbons (Fsp3) is 0.450. The van der Waals surface area contributed by atoms with E-state index >= 15 is 0 Å². The van der Waals surface area contributed by atoms with Crippen LogP contribution in [0.25, 0.3) is 11.0 Å². The molecule has 0 amide bonds. The molecule has 8 nitrogen and oxygen atoms in total. The fourth-order valence-electron chi connectivity index (χ4n) is 3.82. The van der Waals surface area contributed by atoms with E-state index in [0.29, 0.717) is 27.0 Å². The minimum Gasteiger partial charge on any atom is -0.383 e. The highest BCUT2D eigenvalue weighted by Gasteiger charge is 2.24. The molecule has 4 rings (SSSR count). The molecule has 1 saturated heterocycles. The minimum atomic E-state index is -0.207. The van der Waals surface area contributed by atoms with Gasteiger partial charge in [0.1, 0.15) is 5.52 Å². The van der Waals surface area contributed by atoms with Crippen LogP contribution in [0.3, 0.4) is 0 Å². The van der Waals surface area contributed by atoms with Gasteiger partial charge in [0, 0.05) is 39.5 Å². The molecule has 0 aliphatic carbocycles. The fourth-order valence-corrected chi connectivity index (χ4v) is 4.11. The summed E-state index contributed by atoms with van der Waals surface area (Å²) in [5, 5.41) is 5.41. The molecular weight excluding hydrogens is 427 g/mol. The van der Waals surface area contributed by atoms with Gasteiger partial charge in [-0.2, -0.15) is 5.10 Å². The van der Waals surface area contributed by atoms with E-state index in [-0.39, 0.29) is 11.6 Å². The number of aromatic nitrogens is 4.